The van der Waals surface area contributed by atoms with Crippen LogP contribution >= 0.6 is 15.9 Å². The fourth-order valence-electron chi connectivity index (χ4n) is 3.02. The van der Waals surface area contributed by atoms with Gasteiger partial charge in [0.2, 0.25) is 17.3 Å². The SMILES string of the molecule is CC[S-].COc1ccc(-c2ccco2)cn1.COc1ccc(Br)cn1.O=c1ccc(-c2ccco2)c[nH]1.OB(O)c1ccco1.[Na+]. The standard InChI is InChI=1S/C10H9NO2.C9H7NO2.C6H6BrNO.C4H5BO3.C2H6S.Na/c1-12-10-5-4-8(7-11-10)9-3-2-6-13-9;11-9-4-3-7(6-10-9)8-2-1-5-12-8;1-9-6-3-2-5(7)4-8-6;6-5(7)4-2-1-3-8-4;1-2-3;/h2-7H,1H3;1-6H,(H,10,11);2-4H,1H3;1-3,6-7H;3H,2H2,1H3;/q;;;;;+1/p-1. The molecule has 0 amide bonds. The summed E-state index contributed by atoms with van der Waals surface area (Å²) in [6.45, 7) is 1.94. The second-order valence-electron chi connectivity index (χ2n) is 8.18. The summed E-state index contributed by atoms with van der Waals surface area (Å²) >= 11 is 7.65. The molecule has 0 atom stereocenters. The van der Waals surface area contributed by atoms with E-state index in [2.05, 4.69) is 47.9 Å². The molecule has 6 heterocycles. The molecule has 46 heavy (non-hydrogen) atoms. The number of ether oxygens (including phenoxy) is 2. The van der Waals surface area contributed by atoms with Crippen LogP contribution in [0.3, 0.4) is 0 Å². The molecule has 0 radical (unpaired) electrons. The number of pyridine rings is 3. The Kier molecular flexibility index (Phi) is 21.0. The van der Waals surface area contributed by atoms with Crippen LogP contribution < -0.4 is 50.2 Å². The third kappa shape index (κ3) is 15.7. The number of aromatic amines is 1. The molecule has 15 heteroatoms. The molecule has 0 aromatic carbocycles. The van der Waals surface area contributed by atoms with Gasteiger partial charge in [0.15, 0.2) is 0 Å². The first-order chi connectivity index (χ1) is 21.8. The van der Waals surface area contributed by atoms with Crippen LogP contribution in [0.2, 0.25) is 0 Å². The van der Waals surface area contributed by atoms with Crippen molar-refractivity contribution in [3.05, 3.63) is 125 Å². The van der Waals surface area contributed by atoms with Crippen molar-refractivity contribution in [1.82, 2.24) is 15.0 Å². The monoisotopic (exact) mass is 719 g/mol. The van der Waals surface area contributed by atoms with Gasteiger partial charge in [-0.25, -0.2) is 9.97 Å². The van der Waals surface area contributed by atoms with Crippen molar-refractivity contribution in [2.45, 2.75) is 6.92 Å². The van der Waals surface area contributed by atoms with E-state index < -0.39 is 7.12 Å². The summed E-state index contributed by atoms with van der Waals surface area (Å²) < 4.78 is 25.7. The first kappa shape index (κ1) is 40.5. The van der Waals surface area contributed by atoms with Gasteiger partial charge >= 0.3 is 36.7 Å². The normalized spacial score (nSPS) is 9.20. The topological polar surface area (TPSA) is 157 Å². The third-order valence-corrected chi connectivity index (χ3v) is 5.52. The average molecular weight is 720 g/mol. The maximum Gasteiger partial charge on any atom is 1.00 e. The number of furan rings is 3. The molecule has 0 aliphatic carbocycles. The van der Waals surface area contributed by atoms with Crippen LogP contribution in [-0.2, 0) is 12.6 Å². The quantitative estimate of drug-likeness (QED) is 0.178. The molecule has 6 aromatic heterocycles. The van der Waals surface area contributed by atoms with Crippen molar-refractivity contribution in [2.75, 3.05) is 20.0 Å². The van der Waals surface area contributed by atoms with Crippen molar-refractivity contribution < 1.29 is 62.3 Å². The first-order valence-corrected chi connectivity index (χ1v) is 14.6. The second-order valence-corrected chi connectivity index (χ2v) is 9.68. The predicted molar refractivity (Wildman–Crippen MR) is 178 cm³/mol. The van der Waals surface area contributed by atoms with Gasteiger partial charge in [-0.3, -0.25) is 4.79 Å². The Bertz CT molecular complexity index is 1600. The summed E-state index contributed by atoms with van der Waals surface area (Å²) in [5, 5.41) is 16.7. The van der Waals surface area contributed by atoms with E-state index in [1.54, 1.807) is 75.7 Å². The molecule has 0 aliphatic heterocycles. The van der Waals surface area contributed by atoms with Crippen LogP contribution in [0.5, 0.6) is 11.8 Å². The zero-order valence-electron chi connectivity index (χ0n) is 25.7. The Balaban J connectivity index is 0.000000301. The van der Waals surface area contributed by atoms with Gasteiger partial charge in [0.1, 0.15) is 17.2 Å². The first-order valence-electron chi connectivity index (χ1n) is 13.2. The molecular weight excluding hydrogens is 688 g/mol. The number of aromatic nitrogens is 3. The van der Waals surface area contributed by atoms with E-state index >= 15 is 0 Å². The Hall–Kier alpha value is -3.50. The van der Waals surface area contributed by atoms with Crippen LogP contribution in [0.25, 0.3) is 22.6 Å². The summed E-state index contributed by atoms with van der Waals surface area (Å²) in [6.07, 6.45) is 9.66. The molecule has 0 unspecified atom stereocenters. The number of H-pyrrole nitrogens is 1. The summed E-state index contributed by atoms with van der Waals surface area (Å²) in [7, 11) is 1.70. The van der Waals surface area contributed by atoms with Crippen LogP contribution in [-0.4, -0.2) is 52.1 Å². The molecular formula is C31H32BBrN3NaO8S. The molecule has 0 bridgehead atoms. The zero-order chi connectivity index (χ0) is 32.9. The van der Waals surface area contributed by atoms with Crippen LogP contribution in [0.1, 0.15) is 6.92 Å². The van der Waals surface area contributed by atoms with Crippen LogP contribution in [0, 0.1) is 0 Å². The van der Waals surface area contributed by atoms with Gasteiger partial charge in [-0.15, -0.1) is 0 Å². The molecule has 0 aliphatic rings. The number of nitrogens with one attached hydrogen (secondary N) is 1. The van der Waals surface area contributed by atoms with Crippen LogP contribution in [0.4, 0.5) is 0 Å². The Morgan fingerprint density at radius 1 is 0.804 bits per heavy atom. The number of hydrogen-bond acceptors (Lipinski definition) is 11. The number of hydrogen-bond donors (Lipinski definition) is 3. The molecule has 0 spiro atoms. The molecule has 0 fully saturated rings. The van der Waals surface area contributed by atoms with E-state index in [9.17, 15) is 4.79 Å². The summed E-state index contributed by atoms with van der Waals surface area (Å²) in [5.41, 5.74) is 1.89. The molecule has 236 valence electrons. The van der Waals surface area contributed by atoms with Gasteiger partial charge in [0.25, 0.3) is 0 Å². The Morgan fingerprint density at radius 3 is 1.70 bits per heavy atom. The number of methoxy groups -OCH3 is 2. The maximum absolute atomic E-state index is 10.7. The fraction of sp³-hybridized carbons (Fsp3) is 0.129. The number of nitrogens with zero attached hydrogens (tertiary/aromatic N) is 2. The Labute approximate surface area is 303 Å². The fourth-order valence-corrected chi connectivity index (χ4v) is 3.25. The molecule has 3 N–H and O–H groups in total. The van der Waals surface area contributed by atoms with E-state index in [-0.39, 0.29) is 40.8 Å². The van der Waals surface area contributed by atoms with Crippen molar-refractivity contribution >= 4 is 41.3 Å². The smallest absolute Gasteiger partial charge is 0.793 e. The largest absolute Gasteiger partial charge is 1.00 e. The van der Waals surface area contributed by atoms with Gasteiger partial charge in [-0.1, -0.05) is 6.92 Å². The maximum atomic E-state index is 10.7. The van der Waals surface area contributed by atoms with E-state index in [4.69, 9.17) is 28.4 Å². The Morgan fingerprint density at radius 2 is 1.33 bits per heavy atom. The minimum absolute atomic E-state index is 0. The van der Waals surface area contributed by atoms with Crippen LogP contribution in [0.15, 0.2) is 133 Å². The molecule has 11 nitrogen and oxygen atoms in total. The second kappa shape index (κ2) is 23.8. The van der Waals surface area contributed by atoms with Crippen molar-refractivity contribution in [2.24, 2.45) is 0 Å². The summed E-state index contributed by atoms with van der Waals surface area (Å²) in [6, 6.07) is 21.0. The zero-order valence-corrected chi connectivity index (χ0v) is 30.1. The average Bonchev–Trinajstić information content (AvgIpc) is 3.88. The number of rotatable bonds is 5. The van der Waals surface area contributed by atoms with Crippen molar-refractivity contribution in [1.29, 1.82) is 0 Å². The van der Waals surface area contributed by atoms with Gasteiger partial charge in [-0.05, 0) is 70.5 Å². The third-order valence-electron chi connectivity index (χ3n) is 5.05. The van der Waals surface area contributed by atoms with E-state index in [0.717, 1.165) is 32.9 Å². The van der Waals surface area contributed by atoms with Crippen molar-refractivity contribution in [3.63, 3.8) is 0 Å². The van der Waals surface area contributed by atoms with E-state index in [0.29, 0.717) is 11.8 Å². The van der Waals surface area contributed by atoms with Gasteiger partial charge in [0, 0.05) is 52.4 Å². The van der Waals surface area contributed by atoms with E-state index in [1.807, 2.05) is 37.3 Å². The predicted octanol–water partition coefficient (Wildman–Crippen LogP) is 2.35. The van der Waals surface area contributed by atoms with Gasteiger partial charge in [0.05, 0.1) is 33.0 Å². The molecule has 6 rings (SSSR count). The summed E-state index contributed by atoms with van der Waals surface area (Å²) in [4.78, 5) is 21.3. The number of halogens is 1. The summed E-state index contributed by atoms with van der Waals surface area (Å²) in [5.74, 6) is 3.65. The van der Waals surface area contributed by atoms with E-state index in [1.165, 1.54) is 18.4 Å². The minimum Gasteiger partial charge on any atom is -0.793 e. The molecule has 6 aromatic rings. The minimum atomic E-state index is -1.48. The van der Waals surface area contributed by atoms with Crippen molar-refractivity contribution in [3.8, 4) is 34.4 Å². The molecule has 0 saturated carbocycles. The van der Waals surface area contributed by atoms with Gasteiger partial charge in [-0.2, -0.15) is 5.75 Å². The molecule has 0 saturated heterocycles. The van der Waals surface area contributed by atoms with Gasteiger partial charge < -0.3 is 50.4 Å².